The zero-order valence-electron chi connectivity index (χ0n) is 15.1. The summed E-state index contributed by atoms with van der Waals surface area (Å²) in [6.07, 6.45) is 0.767. The molecule has 3 heterocycles. The summed E-state index contributed by atoms with van der Waals surface area (Å²) >= 11 is 1.47. The van der Waals surface area contributed by atoms with Crippen LogP contribution in [-0.4, -0.2) is 25.7 Å². The van der Waals surface area contributed by atoms with Gasteiger partial charge in [0.2, 0.25) is 0 Å². The van der Waals surface area contributed by atoms with E-state index < -0.39 is 0 Å². The lowest BCUT2D eigenvalue weighted by atomic mass is 10.0. The van der Waals surface area contributed by atoms with E-state index in [2.05, 4.69) is 5.32 Å². The second-order valence-corrected chi connectivity index (χ2v) is 7.81. The maximum atomic E-state index is 12.8. The number of carbonyl (C=O) groups excluding carboxylic acids is 1. The first-order valence-corrected chi connectivity index (χ1v) is 10.1. The number of rotatable bonds is 3. The Morgan fingerprint density at radius 2 is 1.71 bits per heavy atom. The predicted molar refractivity (Wildman–Crippen MR) is 108 cm³/mol. The molecule has 0 fully saturated rings. The SMILES string of the molecule is O=C(NC1CCOc2ccccc21)c1ccc(-c2ccc3c(c2)OCCO3)s1. The van der Waals surface area contributed by atoms with Crippen LogP contribution in [0.15, 0.2) is 54.6 Å². The van der Waals surface area contributed by atoms with E-state index in [1.165, 1.54) is 11.3 Å². The second-order valence-electron chi connectivity index (χ2n) is 6.72. The van der Waals surface area contributed by atoms with Gasteiger partial charge in [0.15, 0.2) is 11.5 Å². The van der Waals surface area contributed by atoms with Crippen LogP contribution in [0.4, 0.5) is 0 Å². The number of hydrogen-bond acceptors (Lipinski definition) is 5. The standard InChI is InChI=1S/C22H19NO4S/c24-22(23-16-9-10-25-17-4-2-1-3-15(16)17)21-8-7-20(28-21)14-5-6-18-19(13-14)27-12-11-26-18/h1-8,13,16H,9-12H2,(H,23,24). The third-order valence-corrected chi connectivity index (χ3v) is 6.05. The fraction of sp³-hybridized carbons (Fsp3) is 0.227. The van der Waals surface area contributed by atoms with Gasteiger partial charge in [0.25, 0.3) is 5.91 Å². The van der Waals surface area contributed by atoms with Crippen LogP contribution >= 0.6 is 11.3 Å². The lowest BCUT2D eigenvalue weighted by Gasteiger charge is -2.26. The molecule has 1 N–H and O–H groups in total. The summed E-state index contributed by atoms with van der Waals surface area (Å²) in [5.41, 5.74) is 2.05. The summed E-state index contributed by atoms with van der Waals surface area (Å²) in [4.78, 5) is 14.5. The summed E-state index contributed by atoms with van der Waals surface area (Å²) in [7, 11) is 0. The van der Waals surface area contributed by atoms with E-state index in [9.17, 15) is 4.79 Å². The molecule has 5 nitrogen and oxygen atoms in total. The van der Waals surface area contributed by atoms with E-state index in [0.29, 0.717) is 24.7 Å². The number of carbonyl (C=O) groups is 1. The molecular weight excluding hydrogens is 374 g/mol. The van der Waals surface area contributed by atoms with Crippen molar-refractivity contribution in [1.82, 2.24) is 5.32 Å². The first-order valence-electron chi connectivity index (χ1n) is 9.30. The molecule has 0 spiro atoms. The zero-order chi connectivity index (χ0) is 18.9. The Labute approximate surface area is 166 Å². The highest BCUT2D eigenvalue weighted by Gasteiger charge is 2.24. The van der Waals surface area contributed by atoms with Gasteiger partial charge in [-0.15, -0.1) is 11.3 Å². The minimum atomic E-state index is -0.0597. The minimum Gasteiger partial charge on any atom is -0.493 e. The molecule has 6 heteroatoms. The third kappa shape index (κ3) is 3.20. The van der Waals surface area contributed by atoms with Gasteiger partial charge in [0.05, 0.1) is 17.5 Å². The Bertz CT molecular complexity index is 1030. The van der Waals surface area contributed by atoms with Crippen LogP contribution in [0, 0.1) is 0 Å². The number of benzene rings is 2. The summed E-state index contributed by atoms with van der Waals surface area (Å²) in [6, 6.07) is 17.6. The van der Waals surface area contributed by atoms with Crippen molar-refractivity contribution in [3.63, 3.8) is 0 Å². The van der Waals surface area contributed by atoms with Crippen LogP contribution in [0.25, 0.3) is 10.4 Å². The Kier molecular flexibility index (Phi) is 4.41. The molecule has 2 aliphatic rings. The van der Waals surface area contributed by atoms with Crippen LogP contribution in [0.3, 0.4) is 0 Å². The van der Waals surface area contributed by atoms with E-state index in [-0.39, 0.29) is 11.9 Å². The third-order valence-electron chi connectivity index (χ3n) is 4.92. The molecule has 0 saturated heterocycles. The molecule has 1 unspecified atom stereocenters. The number of para-hydroxylation sites is 1. The molecular formula is C22H19NO4S. The van der Waals surface area contributed by atoms with Gasteiger partial charge in [-0.25, -0.2) is 0 Å². The van der Waals surface area contributed by atoms with Crippen LogP contribution < -0.4 is 19.5 Å². The maximum absolute atomic E-state index is 12.8. The van der Waals surface area contributed by atoms with Crippen LogP contribution in [0.2, 0.25) is 0 Å². The molecule has 5 rings (SSSR count). The van der Waals surface area contributed by atoms with E-state index >= 15 is 0 Å². The average Bonchev–Trinajstić information content (AvgIpc) is 3.24. The van der Waals surface area contributed by atoms with Gasteiger partial charge in [-0.1, -0.05) is 18.2 Å². The highest BCUT2D eigenvalue weighted by Crippen LogP contribution is 2.37. The van der Waals surface area contributed by atoms with Crippen molar-refractivity contribution in [1.29, 1.82) is 0 Å². The van der Waals surface area contributed by atoms with Gasteiger partial charge in [-0.2, -0.15) is 0 Å². The first-order chi connectivity index (χ1) is 13.8. The molecule has 1 amide bonds. The van der Waals surface area contributed by atoms with Gasteiger partial charge in [-0.05, 0) is 42.0 Å². The largest absolute Gasteiger partial charge is 0.493 e. The molecule has 2 aromatic carbocycles. The number of ether oxygens (including phenoxy) is 3. The highest BCUT2D eigenvalue weighted by molar-refractivity contribution is 7.17. The summed E-state index contributed by atoms with van der Waals surface area (Å²) in [5, 5.41) is 3.15. The number of thiophene rings is 1. The van der Waals surface area contributed by atoms with Crippen molar-refractivity contribution >= 4 is 17.2 Å². The van der Waals surface area contributed by atoms with Crippen molar-refractivity contribution in [2.75, 3.05) is 19.8 Å². The van der Waals surface area contributed by atoms with Crippen molar-refractivity contribution in [2.45, 2.75) is 12.5 Å². The quantitative estimate of drug-likeness (QED) is 0.715. The Morgan fingerprint density at radius 3 is 2.64 bits per heavy atom. The number of amides is 1. The number of fused-ring (bicyclic) bond motifs is 2. The molecule has 0 bridgehead atoms. The smallest absolute Gasteiger partial charge is 0.261 e. The van der Waals surface area contributed by atoms with E-state index in [1.807, 2.05) is 54.6 Å². The van der Waals surface area contributed by atoms with E-state index in [4.69, 9.17) is 14.2 Å². The zero-order valence-corrected chi connectivity index (χ0v) is 16.0. The minimum absolute atomic E-state index is 0.0303. The Morgan fingerprint density at radius 1 is 0.893 bits per heavy atom. The highest BCUT2D eigenvalue weighted by atomic mass is 32.1. The van der Waals surface area contributed by atoms with Gasteiger partial charge in [0.1, 0.15) is 19.0 Å². The number of hydrogen-bond donors (Lipinski definition) is 1. The molecule has 142 valence electrons. The van der Waals surface area contributed by atoms with Gasteiger partial charge < -0.3 is 19.5 Å². The molecule has 0 saturated carbocycles. The summed E-state index contributed by atoms with van der Waals surface area (Å²) in [5.74, 6) is 2.31. The maximum Gasteiger partial charge on any atom is 0.261 e. The van der Waals surface area contributed by atoms with Gasteiger partial charge in [-0.3, -0.25) is 4.79 Å². The topological polar surface area (TPSA) is 56.8 Å². The molecule has 0 aliphatic carbocycles. The summed E-state index contributed by atoms with van der Waals surface area (Å²) in [6.45, 7) is 1.74. The molecule has 1 aromatic heterocycles. The van der Waals surface area contributed by atoms with Crippen molar-refractivity contribution < 1.29 is 19.0 Å². The fourth-order valence-corrected chi connectivity index (χ4v) is 4.44. The second kappa shape index (κ2) is 7.20. The van der Waals surface area contributed by atoms with Gasteiger partial charge >= 0.3 is 0 Å². The molecule has 0 radical (unpaired) electrons. The van der Waals surface area contributed by atoms with Crippen LogP contribution in [0.1, 0.15) is 27.7 Å². The lowest BCUT2D eigenvalue weighted by Crippen LogP contribution is -2.31. The molecule has 28 heavy (non-hydrogen) atoms. The van der Waals surface area contributed by atoms with E-state index in [0.717, 1.165) is 39.7 Å². The number of nitrogens with one attached hydrogen (secondary N) is 1. The monoisotopic (exact) mass is 393 g/mol. The molecule has 3 aromatic rings. The van der Waals surface area contributed by atoms with Crippen LogP contribution in [0.5, 0.6) is 17.2 Å². The first kappa shape index (κ1) is 17.1. The summed E-state index contributed by atoms with van der Waals surface area (Å²) < 4.78 is 16.9. The van der Waals surface area contributed by atoms with Crippen molar-refractivity contribution in [2.24, 2.45) is 0 Å². The Hall–Kier alpha value is -2.99. The predicted octanol–water partition coefficient (Wildman–Crippen LogP) is 4.44. The normalized spacial score (nSPS) is 17.4. The van der Waals surface area contributed by atoms with Crippen LogP contribution in [-0.2, 0) is 0 Å². The molecule has 2 aliphatic heterocycles. The van der Waals surface area contributed by atoms with E-state index in [1.54, 1.807) is 0 Å². The molecule has 1 atom stereocenters. The average molecular weight is 393 g/mol. The van der Waals surface area contributed by atoms with Crippen molar-refractivity contribution in [3.8, 4) is 27.7 Å². The van der Waals surface area contributed by atoms with Crippen molar-refractivity contribution in [3.05, 3.63) is 65.0 Å². The fourth-order valence-electron chi connectivity index (χ4n) is 3.53. The van der Waals surface area contributed by atoms with Gasteiger partial charge in [0, 0.05) is 16.9 Å². The Balaban J connectivity index is 1.35. The lowest BCUT2D eigenvalue weighted by molar-refractivity contribution is 0.0929.